The van der Waals surface area contributed by atoms with E-state index in [2.05, 4.69) is 31.0 Å². The third kappa shape index (κ3) is 7.90. The molecule has 1 aromatic carbocycles. The third-order valence-corrected chi connectivity index (χ3v) is 6.31. The average molecular weight is 613 g/mol. The predicted molar refractivity (Wildman–Crippen MR) is 159 cm³/mol. The monoisotopic (exact) mass is 612 g/mol. The van der Waals surface area contributed by atoms with Gasteiger partial charge in [0.15, 0.2) is 17.2 Å². The number of fused-ring (bicyclic) bond motifs is 1. The topological polar surface area (TPSA) is 168 Å². The molecule has 12 nitrogen and oxygen atoms in total. The quantitative estimate of drug-likeness (QED) is 0.184. The Balaban J connectivity index is 0.00000259. The van der Waals surface area contributed by atoms with Gasteiger partial charge < -0.3 is 21.7 Å². The molecule has 3 heterocycles. The van der Waals surface area contributed by atoms with Crippen molar-refractivity contribution in [2.24, 2.45) is 5.73 Å². The lowest BCUT2D eigenvalue weighted by atomic mass is 10.0. The van der Waals surface area contributed by atoms with E-state index in [9.17, 15) is 22.8 Å². The van der Waals surface area contributed by atoms with Gasteiger partial charge >= 0.3 is 6.18 Å². The Bertz CT molecular complexity index is 1640. The van der Waals surface area contributed by atoms with Gasteiger partial charge in [0.1, 0.15) is 6.54 Å². The number of hydrogen-bond acceptors (Lipinski definition) is 8. The summed E-state index contributed by atoms with van der Waals surface area (Å²) in [4.78, 5) is 32.9. The molecule has 5 N–H and O–H groups in total. The van der Waals surface area contributed by atoms with Crippen molar-refractivity contribution < 1.29 is 22.8 Å². The number of rotatable bonds is 11. The number of nitrogens with two attached hydrogens (primary N) is 1. The first-order valence-electron chi connectivity index (χ1n) is 14.1. The number of hydrogen-bond donors (Lipinski definition) is 4. The number of anilines is 2. The Hall–Kier alpha value is -4.97. The van der Waals surface area contributed by atoms with Crippen molar-refractivity contribution in [1.29, 1.82) is 5.26 Å². The van der Waals surface area contributed by atoms with Crippen LogP contribution in [0.25, 0.3) is 16.9 Å². The first-order chi connectivity index (χ1) is 21.0. The number of nitrogens with zero attached hydrogens (tertiary/aromatic N) is 6. The number of alkyl halides is 3. The van der Waals surface area contributed by atoms with Crippen LogP contribution in [0.2, 0.25) is 0 Å². The predicted octanol–water partition coefficient (Wildman–Crippen LogP) is 4.05. The molecule has 0 aliphatic carbocycles. The Morgan fingerprint density at radius 3 is 2.55 bits per heavy atom. The van der Waals surface area contributed by atoms with E-state index in [-0.39, 0.29) is 41.1 Å². The van der Waals surface area contributed by atoms with E-state index in [1.807, 2.05) is 20.8 Å². The lowest BCUT2D eigenvalue weighted by Gasteiger charge is -2.13. The fraction of sp³-hybridized carbons (Fsp3) is 0.379. The van der Waals surface area contributed by atoms with Crippen LogP contribution in [0.15, 0.2) is 43.0 Å². The zero-order valence-corrected chi connectivity index (χ0v) is 24.9. The molecule has 0 aliphatic heterocycles. The second-order valence-electron chi connectivity index (χ2n) is 9.40. The molecule has 1 unspecified atom stereocenters. The Kier molecular flexibility index (Phi) is 11.4. The SMILES string of the molecule is CC.CCc1cc(Nc2nccn3c(-c4cn(CC#N)nc4C(F)(F)F)cnc23)ccc1C(=O)NCCCNC(=O)C(C)N. The number of nitriles is 1. The molecule has 4 aromatic rings. The van der Waals surface area contributed by atoms with Crippen LogP contribution >= 0.6 is 0 Å². The highest BCUT2D eigenvalue weighted by molar-refractivity contribution is 5.96. The van der Waals surface area contributed by atoms with Gasteiger partial charge in [-0.2, -0.15) is 23.5 Å². The zero-order valence-electron chi connectivity index (χ0n) is 24.9. The van der Waals surface area contributed by atoms with Crippen molar-refractivity contribution in [3.8, 4) is 17.3 Å². The van der Waals surface area contributed by atoms with Crippen molar-refractivity contribution >= 4 is 29.0 Å². The molecule has 0 bridgehead atoms. The van der Waals surface area contributed by atoms with Gasteiger partial charge in [-0.3, -0.25) is 18.7 Å². The number of carbonyl (C=O) groups is 2. The van der Waals surface area contributed by atoms with Crippen molar-refractivity contribution in [3.05, 3.63) is 59.8 Å². The molecule has 44 heavy (non-hydrogen) atoms. The zero-order chi connectivity index (χ0) is 32.4. The number of carbonyl (C=O) groups excluding carboxylic acids is 2. The van der Waals surface area contributed by atoms with Crippen LogP contribution < -0.4 is 21.7 Å². The fourth-order valence-electron chi connectivity index (χ4n) is 4.26. The second-order valence-corrected chi connectivity index (χ2v) is 9.40. The van der Waals surface area contributed by atoms with Gasteiger partial charge in [-0.1, -0.05) is 20.8 Å². The van der Waals surface area contributed by atoms with Gasteiger partial charge in [0.05, 0.1) is 29.6 Å². The van der Waals surface area contributed by atoms with Crippen LogP contribution in [-0.4, -0.2) is 55.1 Å². The van der Waals surface area contributed by atoms with Crippen molar-refractivity contribution in [2.75, 3.05) is 18.4 Å². The van der Waals surface area contributed by atoms with E-state index in [0.29, 0.717) is 37.2 Å². The van der Waals surface area contributed by atoms with Gasteiger partial charge in [0.2, 0.25) is 5.91 Å². The summed E-state index contributed by atoms with van der Waals surface area (Å²) in [5.74, 6) is -0.227. The van der Waals surface area contributed by atoms with E-state index in [1.54, 1.807) is 31.2 Å². The molecule has 4 rings (SSSR count). The lowest BCUT2D eigenvalue weighted by Crippen LogP contribution is -2.39. The summed E-state index contributed by atoms with van der Waals surface area (Å²) in [5, 5.41) is 21.1. The maximum Gasteiger partial charge on any atom is 0.435 e. The first kappa shape index (κ1) is 33.5. The number of aryl methyl sites for hydroxylation is 1. The summed E-state index contributed by atoms with van der Waals surface area (Å²) in [5.41, 5.74) is 6.42. The molecule has 0 aliphatic rings. The highest BCUT2D eigenvalue weighted by Gasteiger charge is 2.38. The van der Waals surface area contributed by atoms with Crippen molar-refractivity contribution in [3.63, 3.8) is 0 Å². The van der Waals surface area contributed by atoms with E-state index >= 15 is 0 Å². The van der Waals surface area contributed by atoms with E-state index in [0.717, 1.165) is 16.4 Å². The second kappa shape index (κ2) is 15.0. The van der Waals surface area contributed by atoms with Crippen molar-refractivity contribution in [2.45, 2.75) is 59.3 Å². The summed E-state index contributed by atoms with van der Waals surface area (Å²) < 4.78 is 43.5. The van der Waals surface area contributed by atoms with Crippen LogP contribution in [0.1, 0.15) is 55.7 Å². The molecule has 0 saturated carbocycles. The van der Waals surface area contributed by atoms with Crippen LogP contribution in [-0.2, 0) is 23.9 Å². The number of aromatic nitrogens is 5. The minimum absolute atomic E-state index is 0.130. The summed E-state index contributed by atoms with van der Waals surface area (Å²) in [6, 6.07) is 6.34. The Morgan fingerprint density at radius 2 is 1.89 bits per heavy atom. The van der Waals surface area contributed by atoms with Gasteiger partial charge in [0, 0.05) is 42.9 Å². The van der Waals surface area contributed by atoms with Gasteiger partial charge in [-0.25, -0.2) is 9.97 Å². The highest BCUT2D eigenvalue weighted by Crippen LogP contribution is 2.37. The number of imidazole rings is 1. The molecular weight excluding hydrogens is 577 g/mol. The van der Waals surface area contributed by atoms with Crippen LogP contribution in [0.5, 0.6) is 0 Å². The Labute approximate surface area is 252 Å². The summed E-state index contributed by atoms with van der Waals surface area (Å²) in [6.07, 6.45) is 1.72. The summed E-state index contributed by atoms with van der Waals surface area (Å²) >= 11 is 0. The number of nitrogens with one attached hydrogen (secondary N) is 3. The van der Waals surface area contributed by atoms with E-state index in [4.69, 9.17) is 11.0 Å². The van der Waals surface area contributed by atoms with Crippen LogP contribution in [0.3, 0.4) is 0 Å². The van der Waals surface area contributed by atoms with Gasteiger partial charge in [0.25, 0.3) is 5.91 Å². The highest BCUT2D eigenvalue weighted by atomic mass is 19.4. The molecular formula is C29H35F3N10O2. The van der Waals surface area contributed by atoms with Crippen LogP contribution in [0.4, 0.5) is 24.7 Å². The van der Waals surface area contributed by atoms with Crippen molar-refractivity contribution in [1.82, 2.24) is 34.8 Å². The Morgan fingerprint density at radius 1 is 1.16 bits per heavy atom. The maximum absolute atomic E-state index is 13.7. The molecule has 0 radical (unpaired) electrons. The molecule has 1 atom stereocenters. The smallest absolute Gasteiger partial charge is 0.355 e. The van der Waals surface area contributed by atoms with Gasteiger partial charge in [-0.05, 0) is 43.5 Å². The molecule has 15 heteroatoms. The average Bonchev–Trinajstić information content (AvgIpc) is 3.63. The largest absolute Gasteiger partial charge is 0.435 e. The normalized spacial score (nSPS) is 11.7. The fourth-order valence-corrected chi connectivity index (χ4v) is 4.26. The molecule has 234 valence electrons. The summed E-state index contributed by atoms with van der Waals surface area (Å²) in [6.45, 7) is 7.91. The number of amides is 2. The number of halogens is 3. The lowest BCUT2D eigenvalue weighted by molar-refractivity contribution is -0.141. The molecule has 0 fully saturated rings. The minimum atomic E-state index is -4.74. The molecule has 3 aromatic heterocycles. The minimum Gasteiger partial charge on any atom is -0.355 e. The maximum atomic E-state index is 13.7. The standard InChI is InChI=1S/C27H29F3N10O2.C2H6/c1-3-17-13-18(5-6-19(17)26(42)35-9-4-8-34-25(41)16(2)32)37-23-24-36-14-21(40(24)12-10-33-23)20-15-39(11-7-31)38-22(20)27(28,29)30;1-2/h5-6,10,12-16H,3-4,8-9,11,32H2,1-2H3,(H,33,37)(H,34,41)(H,35,42);1-2H3. The van der Waals surface area contributed by atoms with Crippen LogP contribution in [0, 0.1) is 11.3 Å². The molecule has 0 spiro atoms. The number of benzene rings is 1. The molecule has 0 saturated heterocycles. The molecule has 2 amide bonds. The van der Waals surface area contributed by atoms with Gasteiger partial charge in [-0.15, -0.1) is 0 Å². The third-order valence-electron chi connectivity index (χ3n) is 6.31. The van der Waals surface area contributed by atoms with E-state index < -0.39 is 17.9 Å². The summed E-state index contributed by atoms with van der Waals surface area (Å²) in [7, 11) is 0. The van der Waals surface area contributed by atoms with E-state index in [1.165, 1.54) is 23.0 Å². The first-order valence-corrected chi connectivity index (χ1v) is 14.1.